The van der Waals surface area contributed by atoms with E-state index in [1.807, 2.05) is 6.92 Å². The van der Waals surface area contributed by atoms with E-state index in [2.05, 4.69) is 10.3 Å². The number of benzene rings is 2. The summed E-state index contributed by atoms with van der Waals surface area (Å²) in [6, 6.07) is 10.3. The number of ketones is 1. The number of thioether (sulfide) groups is 1. The van der Waals surface area contributed by atoms with Crippen LogP contribution >= 0.6 is 11.8 Å². The first-order valence-electron chi connectivity index (χ1n) is 13.1. The lowest BCUT2D eigenvalue weighted by molar-refractivity contribution is -0.107. The zero-order valence-electron chi connectivity index (χ0n) is 24.0. The zero-order valence-corrected chi connectivity index (χ0v) is 24.8. The molecular formula is C30H33N3O8S. The molecule has 2 atom stereocenters. The highest BCUT2D eigenvalue weighted by molar-refractivity contribution is 8.15. The van der Waals surface area contributed by atoms with Crippen LogP contribution in [0.5, 0.6) is 23.0 Å². The molecule has 11 nitrogen and oxygen atoms in total. The van der Waals surface area contributed by atoms with Crippen LogP contribution in [0.3, 0.4) is 0 Å². The van der Waals surface area contributed by atoms with Crippen LogP contribution in [0.4, 0.5) is 0 Å². The molecule has 222 valence electrons. The normalized spacial score (nSPS) is 15.7. The molecule has 0 radical (unpaired) electrons. The number of nitrogens with zero attached hydrogens (tertiary/aromatic N) is 3. The highest BCUT2D eigenvalue weighted by Crippen LogP contribution is 2.40. The molecular weight excluding hydrogens is 562 g/mol. The minimum Gasteiger partial charge on any atom is -0.494 e. The molecule has 12 heteroatoms. The van der Waals surface area contributed by atoms with Crippen LogP contribution in [-0.4, -0.2) is 70.3 Å². The molecule has 0 fully saturated rings. The third-order valence-electron chi connectivity index (χ3n) is 6.42. The average molecular weight is 596 g/mol. The van der Waals surface area contributed by atoms with Gasteiger partial charge in [0.2, 0.25) is 10.9 Å². The van der Waals surface area contributed by atoms with Crippen molar-refractivity contribution in [3.05, 3.63) is 76.8 Å². The molecule has 0 aliphatic carbocycles. The van der Waals surface area contributed by atoms with Gasteiger partial charge >= 0.3 is 0 Å². The van der Waals surface area contributed by atoms with E-state index in [0.29, 0.717) is 51.2 Å². The first-order chi connectivity index (χ1) is 20.2. The Labute approximate surface area is 248 Å². The third kappa shape index (κ3) is 7.31. The van der Waals surface area contributed by atoms with E-state index in [-0.39, 0.29) is 35.9 Å². The minimum absolute atomic E-state index is 0.00173. The summed E-state index contributed by atoms with van der Waals surface area (Å²) >= 11 is 1.21. The van der Waals surface area contributed by atoms with Gasteiger partial charge in [-0.1, -0.05) is 17.0 Å². The Morgan fingerprint density at radius 1 is 1.07 bits per heavy atom. The fourth-order valence-electron chi connectivity index (χ4n) is 4.27. The molecule has 0 amide bonds. The molecule has 0 saturated heterocycles. The van der Waals surface area contributed by atoms with Crippen LogP contribution in [-0.2, 0) is 22.7 Å². The Balaban J connectivity index is 1.28. The van der Waals surface area contributed by atoms with Crippen molar-refractivity contribution >= 4 is 28.7 Å². The fourth-order valence-corrected chi connectivity index (χ4v) is 5.22. The van der Waals surface area contributed by atoms with E-state index in [0.717, 1.165) is 0 Å². The van der Waals surface area contributed by atoms with Crippen molar-refractivity contribution in [1.29, 1.82) is 0 Å². The smallest absolute Gasteiger partial charge is 0.219 e. The van der Waals surface area contributed by atoms with Crippen molar-refractivity contribution in [1.82, 2.24) is 15.0 Å². The van der Waals surface area contributed by atoms with E-state index >= 15 is 0 Å². The Kier molecular flexibility index (Phi) is 10.3. The summed E-state index contributed by atoms with van der Waals surface area (Å²) in [6.07, 6.45) is 3.97. The molecule has 3 aromatic rings. The van der Waals surface area contributed by atoms with E-state index < -0.39 is 6.10 Å². The molecule has 2 heterocycles. The van der Waals surface area contributed by atoms with Crippen LogP contribution in [0.1, 0.15) is 35.5 Å². The topological polar surface area (TPSA) is 131 Å². The summed E-state index contributed by atoms with van der Waals surface area (Å²) in [6.45, 7) is 3.99. The maximum Gasteiger partial charge on any atom is 0.219 e. The molecule has 0 bridgehead atoms. The predicted molar refractivity (Wildman–Crippen MR) is 157 cm³/mol. The number of carbonyl (C=O) groups is 2. The molecule has 2 aromatic carbocycles. The molecule has 1 aromatic heterocycles. The van der Waals surface area contributed by atoms with Crippen LogP contribution in [0.25, 0.3) is 6.08 Å². The van der Waals surface area contributed by atoms with E-state index in [1.165, 1.54) is 36.7 Å². The number of allylic oxidation sites excluding steroid dienone is 1. The monoisotopic (exact) mass is 595 g/mol. The summed E-state index contributed by atoms with van der Waals surface area (Å²) in [5, 5.41) is 18.4. The van der Waals surface area contributed by atoms with Crippen molar-refractivity contribution in [2.24, 2.45) is 0 Å². The second-order valence-corrected chi connectivity index (χ2v) is 10.7. The number of rotatable bonds is 14. The molecule has 0 saturated carbocycles. The number of hydrogen-bond donors (Lipinski definition) is 1. The van der Waals surface area contributed by atoms with Crippen LogP contribution < -0.4 is 18.9 Å². The highest BCUT2D eigenvalue weighted by Gasteiger charge is 2.29. The number of aliphatic hydroxyl groups excluding tert-OH is 1. The number of aliphatic hydroxyl groups is 1. The van der Waals surface area contributed by atoms with Gasteiger partial charge in [-0.2, -0.15) is 0 Å². The Morgan fingerprint density at radius 3 is 2.45 bits per heavy atom. The second-order valence-electron chi connectivity index (χ2n) is 9.37. The molecule has 1 aliphatic rings. The van der Waals surface area contributed by atoms with Gasteiger partial charge < -0.3 is 28.8 Å². The number of hydrogen-bond acceptors (Lipinski definition) is 11. The van der Waals surface area contributed by atoms with Gasteiger partial charge in [0.25, 0.3) is 0 Å². The maximum atomic E-state index is 12.8. The summed E-state index contributed by atoms with van der Waals surface area (Å²) in [5.41, 5.74) is 2.31. The van der Waals surface area contributed by atoms with E-state index in [4.69, 9.17) is 23.7 Å². The van der Waals surface area contributed by atoms with E-state index in [1.54, 1.807) is 62.7 Å². The van der Waals surface area contributed by atoms with Gasteiger partial charge in [0, 0.05) is 16.7 Å². The Hall–Kier alpha value is -4.29. The quantitative estimate of drug-likeness (QED) is 0.214. The van der Waals surface area contributed by atoms with E-state index in [9.17, 15) is 14.7 Å². The molecule has 2 unspecified atom stereocenters. The summed E-state index contributed by atoms with van der Waals surface area (Å²) in [5.74, 6) is 2.41. The number of methoxy groups -OCH3 is 3. The maximum absolute atomic E-state index is 12.8. The van der Waals surface area contributed by atoms with Crippen molar-refractivity contribution < 1.29 is 38.4 Å². The van der Waals surface area contributed by atoms with Crippen LogP contribution in [0, 0.1) is 0 Å². The average Bonchev–Trinajstić information content (AvgIpc) is 3.54. The van der Waals surface area contributed by atoms with Gasteiger partial charge in [0.15, 0.2) is 17.3 Å². The number of ether oxygens (including phenoxy) is 5. The standard InChI is InChI=1S/C30H33N3O8S/c1-18-27(19(2)42-30(18)36)41-17-23(34)15-33-14-22(31-32-33)16-40-24-10-6-20(7-11-24)25(35)12-8-21-9-13-26(37-3)29(39-5)28(21)38-4/h6-14,19,23,34H,15-17H2,1-5H3/b12-8+. The van der Waals surface area contributed by atoms with Crippen LogP contribution in [0.15, 0.2) is 60.0 Å². The lowest BCUT2D eigenvalue weighted by Gasteiger charge is -2.15. The fraction of sp³-hybridized carbons (Fsp3) is 0.333. The molecule has 0 spiro atoms. The van der Waals surface area contributed by atoms with Crippen LogP contribution in [0.2, 0.25) is 0 Å². The summed E-state index contributed by atoms with van der Waals surface area (Å²) in [4.78, 5) is 24.5. The molecule has 4 rings (SSSR count). The van der Waals surface area contributed by atoms with Gasteiger partial charge in [0.05, 0.1) is 39.3 Å². The SMILES string of the molecule is COc1ccc(/C=C/C(=O)c2ccc(OCc3cn(CC(O)COC4=C(C)C(=O)SC4C)nn3)cc2)c(OC)c1OC. The Morgan fingerprint density at radius 2 is 1.81 bits per heavy atom. The first-order valence-corrected chi connectivity index (χ1v) is 14.0. The van der Waals surface area contributed by atoms with Gasteiger partial charge in [-0.3, -0.25) is 9.59 Å². The Bertz CT molecular complexity index is 1480. The molecule has 1 aliphatic heterocycles. The van der Waals surface area contributed by atoms with Gasteiger partial charge in [-0.25, -0.2) is 4.68 Å². The van der Waals surface area contributed by atoms with Gasteiger partial charge in [0.1, 0.15) is 36.5 Å². The predicted octanol–water partition coefficient (Wildman–Crippen LogP) is 4.09. The molecule has 1 N–H and O–H groups in total. The van der Waals surface area contributed by atoms with Crippen molar-refractivity contribution in [3.8, 4) is 23.0 Å². The zero-order chi connectivity index (χ0) is 30.2. The van der Waals surface area contributed by atoms with Crippen molar-refractivity contribution in [2.45, 2.75) is 38.4 Å². The number of carbonyl (C=O) groups excluding carboxylic acids is 2. The summed E-state index contributed by atoms with van der Waals surface area (Å²) < 4.78 is 29.1. The van der Waals surface area contributed by atoms with Gasteiger partial charge in [-0.15, -0.1) is 5.10 Å². The number of aromatic nitrogens is 3. The highest BCUT2D eigenvalue weighted by atomic mass is 32.2. The lowest BCUT2D eigenvalue weighted by atomic mass is 10.1. The minimum atomic E-state index is -0.833. The van der Waals surface area contributed by atoms with Crippen molar-refractivity contribution in [2.75, 3.05) is 27.9 Å². The lowest BCUT2D eigenvalue weighted by Crippen LogP contribution is -2.23. The largest absolute Gasteiger partial charge is 0.494 e. The first kappa shape index (κ1) is 30.7. The molecule has 42 heavy (non-hydrogen) atoms. The van der Waals surface area contributed by atoms with Gasteiger partial charge in [-0.05, 0) is 62.4 Å². The summed E-state index contributed by atoms with van der Waals surface area (Å²) in [7, 11) is 4.59. The second kappa shape index (κ2) is 14.1. The third-order valence-corrected chi connectivity index (χ3v) is 7.51. The van der Waals surface area contributed by atoms with Crippen molar-refractivity contribution in [3.63, 3.8) is 0 Å².